The molecule has 0 aromatic heterocycles. The van der Waals surface area contributed by atoms with Crippen molar-refractivity contribution in [3.63, 3.8) is 0 Å². The lowest BCUT2D eigenvalue weighted by molar-refractivity contribution is -0.132. The van der Waals surface area contributed by atoms with Crippen molar-refractivity contribution in [3.8, 4) is 0 Å². The molecule has 0 aromatic carbocycles. The van der Waals surface area contributed by atoms with Crippen LogP contribution >= 0.6 is 0 Å². The van der Waals surface area contributed by atoms with Crippen molar-refractivity contribution in [2.24, 2.45) is 5.73 Å². The van der Waals surface area contributed by atoms with Gasteiger partial charge in [0.2, 0.25) is 5.91 Å². The van der Waals surface area contributed by atoms with E-state index in [-0.39, 0.29) is 11.9 Å². The molecule has 0 spiro atoms. The molecule has 2 N–H and O–H groups in total. The summed E-state index contributed by atoms with van der Waals surface area (Å²) in [5.74, 6) is 0.116. The van der Waals surface area contributed by atoms with Gasteiger partial charge in [-0.1, -0.05) is 0 Å². The first-order valence-corrected chi connectivity index (χ1v) is 4.87. The number of likely N-dealkylation sites (N-methyl/N-ethyl adjacent to an activating group) is 1. The van der Waals surface area contributed by atoms with Crippen LogP contribution in [0.25, 0.3) is 0 Å². The third-order valence-corrected chi connectivity index (χ3v) is 2.46. The Bertz CT molecular complexity index is 196. The van der Waals surface area contributed by atoms with E-state index >= 15 is 0 Å². The van der Waals surface area contributed by atoms with Crippen LogP contribution in [-0.2, 0) is 9.53 Å². The van der Waals surface area contributed by atoms with Crippen molar-refractivity contribution < 1.29 is 9.53 Å². The van der Waals surface area contributed by atoms with Crippen LogP contribution in [0.1, 0.15) is 0 Å². The summed E-state index contributed by atoms with van der Waals surface area (Å²) >= 11 is 0. The number of amides is 1. The summed E-state index contributed by atoms with van der Waals surface area (Å²) in [5.41, 5.74) is 5.60. The summed E-state index contributed by atoms with van der Waals surface area (Å²) in [6, 6.07) is 0.188. The summed E-state index contributed by atoms with van der Waals surface area (Å²) in [6.45, 7) is 3.11. The standard InChI is InChI=1S/C9H19N3O2/c1-11(2)9(13)6-12-3-4-14-7-8(12)5-10/h8H,3-7,10H2,1-2H3. The zero-order chi connectivity index (χ0) is 10.6. The normalized spacial score (nSPS) is 23.5. The Morgan fingerprint density at radius 3 is 2.93 bits per heavy atom. The first-order valence-electron chi connectivity index (χ1n) is 4.87. The molecule has 1 rings (SSSR count). The molecule has 0 aromatic rings. The van der Waals surface area contributed by atoms with Gasteiger partial charge in [0.1, 0.15) is 0 Å². The zero-order valence-corrected chi connectivity index (χ0v) is 8.90. The maximum atomic E-state index is 11.5. The Morgan fingerprint density at radius 1 is 1.64 bits per heavy atom. The Balaban J connectivity index is 2.44. The second-order valence-electron chi connectivity index (χ2n) is 3.72. The maximum absolute atomic E-state index is 11.5. The third-order valence-electron chi connectivity index (χ3n) is 2.46. The average molecular weight is 201 g/mol. The lowest BCUT2D eigenvalue weighted by atomic mass is 10.2. The molecule has 1 heterocycles. The van der Waals surface area contributed by atoms with Crippen LogP contribution < -0.4 is 5.73 Å². The van der Waals surface area contributed by atoms with Crippen LogP contribution in [0.3, 0.4) is 0 Å². The van der Waals surface area contributed by atoms with Gasteiger partial charge in [0.15, 0.2) is 0 Å². The topological polar surface area (TPSA) is 58.8 Å². The largest absolute Gasteiger partial charge is 0.378 e. The highest BCUT2D eigenvalue weighted by atomic mass is 16.5. The van der Waals surface area contributed by atoms with Crippen LogP contribution in [0.2, 0.25) is 0 Å². The predicted molar refractivity (Wildman–Crippen MR) is 53.9 cm³/mol. The van der Waals surface area contributed by atoms with Gasteiger partial charge in [-0.05, 0) is 0 Å². The number of nitrogens with zero attached hydrogens (tertiary/aromatic N) is 2. The summed E-state index contributed by atoms with van der Waals surface area (Å²) in [5, 5.41) is 0. The molecule has 0 radical (unpaired) electrons. The highest BCUT2D eigenvalue weighted by Gasteiger charge is 2.23. The second-order valence-corrected chi connectivity index (χ2v) is 3.72. The highest BCUT2D eigenvalue weighted by Crippen LogP contribution is 2.05. The van der Waals surface area contributed by atoms with Crippen LogP contribution in [0.5, 0.6) is 0 Å². The molecule has 1 atom stereocenters. The maximum Gasteiger partial charge on any atom is 0.236 e. The monoisotopic (exact) mass is 201 g/mol. The minimum absolute atomic E-state index is 0.116. The number of carbonyl (C=O) groups excluding carboxylic acids is 1. The van der Waals surface area contributed by atoms with Gasteiger partial charge in [0, 0.05) is 33.2 Å². The third kappa shape index (κ3) is 2.94. The molecular weight excluding hydrogens is 182 g/mol. The van der Waals surface area contributed by atoms with Gasteiger partial charge in [-0.25, -0.2) is 0 Å². The molecule has 1 amide bonds. The van der Waals surface area contributed by atoms with Gasteiger partial charge in [0.25, 0.3) is 0 Å². The van der Waals surface area contributed by atoms with E-state index in [1.165, 1.54) is 0 Å². The van der Waals surface area contributed by atoms with E-state index in [1.807, 2.05) is 0 Å². The number of carbonyl (C=O) groups is 1. The molecule has 1 unspecified atom stereocenters. The van der Waals surface area contributed by atoms with Crippen molar-refractivity contribution in [2.75, 3.05) is 46.9 Å². The molecule has 1 saturated heterocycles. The van der Waals surface area contributed by atoms with Crippen LogP contribution in [0.15, 0.2) is 0 Å². The predicted octanol–water partition coefficient (Wildman–Crippen LogP) is -1.27. The quantitative estimate of drug-likeness (QED) is 0.619. The van der Waals surface area contributed by atoms with Crippen LogP contribution in [-0.4, -0.2) is 68.7 Å². The van der Waals surface area contributed by atoms with Crippen molar-refractivity contribution in [1.82, 2.24) is 9.80 Å². The number of ether oxygens (including phenoxy) is 1. The van der Waals surface area contributed by atoms with E-state index in [1.54, 1.807) is 19.0 Å². The smallest absolute Gasteiger partial charge is 0.236 e. The summed E-state index contributed by atoms with van der Waals surface area (Å²) < 4.78 is 5.30. The molecule has 1 fully saturated rings. The van der Waals surface area contributed by atoms with E-state index in [4.69, 9.17) is 10.5 Å². The van der Waals surface area contributed by atoms with Gasteiger partial charge in [-0.3, -0.25) is 9.69 Å². The van der Waals surface area contributed by atoms with Gasteiger partial charge in [0.05, 0.1) is 19.8 Å². The van der Waals surface area contributed by atoms with Gasteiger partial charge in [-0.15, -0.1) is 0 Å². The van der Waals surface area contributed by atoms with Gasteiger partial charge < -0.3 is 15.4 Å². The van der Waals surface area contributed by atoms with Crippen LogP contribution in [0.4, 0.5) is 0 Å². The minimum Gasteiger partial charge on any atom is -0.378 e. The Hall–Kier alpha value is -0.650. The van der Waals surface area contributed by atoms with E-state index in [0.717, 1.165) is 6.54 Å². The van der Waals surface area contributed by atoms with E-state index < -0.39 is 0 Å². The number of nitrogens with two attached hydrogens (primary N) is 1. The fourth-order valence-electron chi connectivity index (χ4n) is 1.43. The van der Waals surface area contributed by atoms with E-state index in [2.05, 4.69) is 4.90 Å². The molecular formula is C9H19N3O2. The average Bonchev–Trinajstić information content (AvgIpc) is 2.18. The van der Waals surface area contributed by atoms with Gasteiger partial charge in [-0.2, -0.15) is 0 Å². The Kier molecular flexibility index (Phi) is 4.31. The van der Waals surface area contributed by atoms with Crippen molar-refractivity contribution in [3.05, 3.63) is 0 Å². The van der Waals surface area contributed by atoms with E-state index in [0.29, 0.717) is 26.3 Å². The van der Waals surface area contributed by atoms with Crippen molar-refractivity contribution in [1.29, 1.82) is 0 Å². The van der Waals surface area contributed by atoms with Gasteiger partial charge >= 0.3 is 0 Å². The highest BCUT2D eigenvalue weighted by molar-refractivity contribution is 5.77. The first-order chi connectivity index (χ1) is 6.65. The lowest BCUT2D eigenvalue weighted by Crippen LogP contribution is -2.52. The molecule has 5 nitrogen and oxygen atoms in total. The molecule has 0 aliphatic carbocycles. The molecule has 1 aliphatic rings. The Morgan fingerprint density at radius 2 is 2.36 bits per heavy atom. The zero-order valence-electron chi connectivity index (χ0n) is 8.90. The van der Waals surface area contributed by atoms with Crippen LogP contribution in [0, 0.1) is 0 Å². The molecule has 5 heteroatoms. The number of morpholine rings is 1. The molecule has 0 saturated carbocycles. The number of rotatable bonds is 3. The molecule has 82 valence electrons. The lowest BCUT2D eigenvalue weighted by Gasteiger charge is -2.34. The number of hydrogen-bond acceptors (Lipinski definition) is 4. The fourth-order valence-corrected chi connectivity index (χ4v) is 1.43. The minimum atomic E-state index is 0.116. The molecule has 0 bridgehead atoms. The number of hydrogen-bond donors (Lipinski definition) is 1. The fraction of sp³-hybridized carbons (Fsp3) is 0.889. The van der Waals surface area contributed by atoms with E-state index in [9.17, 15) is 4.79 Å². The molecule has 14 heavy (non-hydrogen) atoms. The van der Waals surface area contributed by atoms with Crippen molar-refractivity contribution >= 4 is 5.91 Å². The summed E-state index contributed by atoms with van der Waals surface area (Å²) in [7, 11) is 3.53. The summed E-state index contributed by atoms with van der Waals surface area (Å²) in [4.78, 5) is 15.2. The second kappa shape index (κ2) is 5.29. The van der Waals surface area contributed by atoms with Crippen molar-refractivity contribution in [2.45, 2.75) is 6.04 Å². The first kappa shape index (κ1) is 11.4. The Labute approximate surface area is 84.8 Å². The summed E-state index contributed by atoms with van der Waals surface area (Å²) in [6.07, 6.45) is 0. The molecule has 1 aliphatic heterocycles. The SMILES string of the molecule is CN(C)C(=O)CN1CCOCC1CN.